The SMILES string of the molecule is Nc1nc(CCC[C@H](N)C(=O)O)cs1. The average molecular weight is 215 g/mol. The number of carboxylic acids is 1. The van der Waals surface area contributed by atoms with E-state index < -0.39 is 12.0 Å². The first-order chi connectivity index (χ1) is 6.59. The number of carbonyl (C=O) groups is 1. The Labute approximate surface area is 85.8 Å². The number of anilines is 1. The summed E-state index contributed by atoms with van der Waals surface area (Å²) in [6.45, 7) is 0. The lowest BCUT2D eigenvalue weighted by Crippen LogP contribution is -2.29. The molecule has 0 spiro atoms. The van der Waals surface area contributed by atoms with Crippen molar-refractivity contribution in [2.45, 2.75) is 25.3 Å². The number of nitrogens with zero attached hydrogens (tertiary/aromatic N) is 1. The van der Waals surface area contributed by atoms with Gasteiger partial charge in [-0.3, -0.25) is 4.79 Å². The van der Waals surface area contributed by atoms with E-state index in [1.54, 1.807) is 0 Å². The number of hydrogen-bond acceptors (Lipinski definition) is 5. The van der Waals surface area contributed by atoms with Crippen molar-refractivity contribution in [3.63, 3.8) is 0 Å². The summed E-state index contributed by atoms with van der Waals surface area (Å²) < 4.78 is 0. The molecular weight excluding hydrogens is 202 g/mol. The van der Waals surface area contributed by atoms with E-state index in [0.29, 0.717) is 11.6 Å². The van der Waals surface area contributed by atoms with Crippen LogP contribution in [0, 0.1) is 0 Å². The van der Waals surface area contributed by atoms with Gasteiger partial charge in [0.1, 0.15) is 6.04 Å². The first kappa shape index (κ1) is 10.9. The van der Waals surface area contributed by atoms with E-state index in [-0.39, 0.29) is 0 Å². The van der Waals surface area contributed by atoms with Crippen molar-refractivity contribution in [1.82, 2.24) is 4.98 Å². The molecule has 0 fully saturated rings. The van der Waals surface area contributed by atoms with Crippen molar-refractivity contribution in [3.05, 3.63) is 11.1 Å². The van der Waals surface area contributed by atoms with E-state index in [1.807, 2.05) is 5.38 Å². The zero-order valence-corrected chi connectivity index (χ0v) is 8.46. The maximum Gasteiger partial charge on any atom is 0.320 e. The fourth-order valence-electron chi connectivity index (χ4n) is 1.06. The molecule has 0 aliphatic carbocycles. The quantitative estimate of drug-likeness (QED) is 0.662. The maximum atomic E-state index is 10.4. The predicted octanol–water partition coefficient (Wildman–Crippen LogP) is 0.460. The van der Waals surface area contributed by atoms with Gasteiger partial charge in [0, 0.05) is 5.38 Å². The third kappa shape index (κ3) is 3.31. The topological polar surface area (TPSA) is 102 Å². The van der Waals surface area contributed by atoms with Gasteiger partial charge in [0.2, 0.25) is 0 Å². The van der Waals surface area contributed by atoms with Gasteiger partial charge in [-0.05, 0) is 19.3 Å². The van der Waals surface area contributed by atoms with Crippen LogP contribution >= 0.6 is 11.3 Å². The lowest BCUT2D eigenvalue weighted by molar-refractivity contribution is -0.138. The van der Waals surface area contributed by atoms with E-state index in [0.717, 1.165) is 18.5 Å². The van der Waals surface area contributed by atoms with Crippen LogP contribution in [-0.2, 0) is 11.2 Å². The van der Waals surface area contributed by atoms with Gasteiger partial charge >= 0.3 is 5.97 Å². The third-order valence-electron chi connectivity index (χ3n) is 1.83. The monoisotopic (exact) mass is 215 g/mol. The molecule has 1 rings (SSSR count). The highest BCUT2D eigenvalue weighted by Crippen LogP contribution is 2.13. The standard InChI is InChI=1S/C8H13N3O2S/c9-6(7(12)13)3-1-2-5-4-14-8(10)11-5/h4,6H,1-3,9H2,(H2,10,11)(H,12,13)/t6-/m0/s1. The van der Waals surface area contributed by atoms with Crippen molar-refractivity contribution in [3.8, 4) is 0 Å². The molecule has 1 heterocycles. The van der Waals surface area contributed by atoms with Gasteiger partial charge in [0.05, 0.1) is 5.69 Å². The molecule has 0 radical (unpaired) electrons. The Morgan fingerprint density at radius 1 is 1.71 bits per heavy atom. The van der Waals surface area contributed by atoms with Gasteiger partial charge in [-0.2, -0.15) is 0 Å². The summed E-state index contributed by atoms with van der Waals surface area (Å²) >= 11 is 1.39. The summed E-state index contributed by atoms with van der Waals surface area (Å²) in [5.74, 6) is -0.956. The highest BCUT2D eigenvalue weighted by atomic mass is 32.1. The van der Waals surface area contributed by atoms with Gasteiger partial charge in [0.15, 0.2) is 5.13 Å². The van der Waals surface area contributed by atoms with Gasteiger partial charge in [-0.15, -0.1) is 11.3 Å². The fourth-order valence-corrected chi connectivity index (χ4v) is 1.66. The lowest BCUT2D eigenvalue weighted by atomic mass is 10.1. The number of aryl methyl sites for hydroxylation is 1. The molecule has 5 N–H and O–H groups in total. The number of aliphatic carboxylic acids is 1. The van der Waals surface area contributed by atoms with Gasteiger partial charge in [-0.25, -0.2) is 4.98 Å². The summed E-state index contributed by atoms with van der Waals surface area (Å²) in [6.07, 6.45) is 1.91. The van der Waals surface area contributed by atoms with Gasteiger partial charge in [0.25, 0.3) is 0 Å². The van der Waals surface area contributed by atoms with E-state index in [9.17, 15) is 4.79 Å². The second kappa shape index (κ2) is 4.92. The normalized spacial score (nSPS) is 12.6. The molecular formula is C8H13N3O2S. The maximum absolute atomic E-state index is 10.4. The number of hydrogen-bond donors (Lipinski definition) is 3. The van der Waals surface area contributed by atoms with Gasteiger partial charge < -0.3 is 16.6 Å². The number of carboxylic acid groups (broad SMARTS) is 1. The van der Waals surface area contributed by atoms with Crippen LogP contribution in [-0.4, -0.2) is 22.1 Å². The highest BCUT2D eigenvalue weighted by Gasteiger charge is 2.10. The van der Waals surface area contributed by atoms with Crippen molar-refractivity contribution in [2.75, 3.05) is 5.73 Å². The third-order valence-corrected chi connectivity index (χ3v) is 2.56. The summed E-state index contributed by atoms with van der Waals surface area (Å²) in [5, 5.41) is 10.9. The zero-order valence-electron chi connectivity index (χ0n) is 7.64. The fraction of sp³-hybridized carbons (Fsp3) is 0.500. The zero-order chi connectivity index (χ0) is 10.6. The second-order valence-corrected chi connectivity index (χ2v) is 3.90. The molecule has 14 heavy (non-hydrogen) atoms. The van der Waals surface area contributed by atoms with Crippen LogP contribution in [0.3, 0.4) is 0 Å². The molecule has 0 saturated carbocycles. The Kier molecular flexibility index (Phi) is 3.84. The number of nitrogen functional groups attached to an aromatic ring is 1. The van der Waals surface area contributed by atoms with Crippen LogP contribution in [0.1, 0.15) is 18.5 Å². The summed E-state index contributed by atoms with van der Waals surface area (Å²) in [7, 11) is 0. The Morgan fingerprint density at radius 3 is 2.93 bits per heavy atom. The molecule has 5 nitrogen and oxygen atoms in total. The van der Waals surface area contributed by atoms with Crippen LogP contribution in [0.2, 0.25) is 0 Å². The van der Waals surface area contributed by atoms with Crippen molar-refractivity contribution in [2.24, 2.45) is 5.73 Å². The van der Waals surface area contributed by atoms with E-state index in [1.165, 1.54) is 11.3 Å². The van der Waals surface area contributed by atoms with E-state index >= 15 is 0 Å². The first-order valence-electron chi connectivity index (χ1n) is 4.28. The Morgan fingerprint density at radius 2 is 2.43 bits per heavy atom. The number of rotatable bonds is 5. The minimum absolute atomic E-state index is 0.465. The van der Waals surface area contributed by atoms with Crippen molar-refractivity contribution in [1.29, 1.82) is 0 Å². The molecule has 1 aromatic heterocycles. The Balaban J connectivity index is 2.25. The van der Waals surface area contributed by atoms with Crippen LogP contribution < -0.4 is 11.5 Å². The van der Waals surface area contributed by atoms with Crippen LogP contribution in [0.15, 0.2) is 5.38 Å². The Hall–Kier alpha value is -1.14. The molecule has 0 bridgehead atoms. The Bertz CT molecular complexity index is 313. The number of aromatic nitrogens is 1. The summed E-state index contributed by atoms with van der Waals surface area (Å²) in [4.78, 5) is 14.4. The molecule has 1 atom stereocenters. The minimum Gasteiger partial charge on any atom is -0.480 e. The molecule has 1 aromatic rings. The predicted molar refractivity (Wildman–Crippen MR) is 55.1 cm³/mol. The number of nitrogens with two attached hydrogens (primary N) is 2. The average Bonchev–Trinajstić information content (AvgIpc) is 2.51. The molecule has 0 amide bonds. The van der Waals surface area contributed by atoms with E-state index in [2.05, 4.69) is 4.98 Å². The smallest absolute Gasteiger partial charge is 0.320 e. The highest BCUT2D eigenvalue weighted by molar-refractivity contribution is 7.13. The molecule has 78 valence electrons. The minimum atomic E-state index is -0.956. The molecule has 0 unspecified atom stereocenters. The first-order valence-corrected chi connectivity index (χ1v) is 5.16. The van der Waals surface area contributed by atoms with Gasteiger partial charge in [-0.1, -0.05) is 0 Å². The summed E-state index contributed by atoms with van der Waals surface area (Å²) in [5.41, 5.74) is 11.7. The molecule has 0 aliphatic heterocycles. The summed E-state index contributed by atoms with van der Waals surface area (Å²) in [6, 6.07) is -0.772. The molecule has 0 saturated heterocycles. The second-order valence-electron chi connectivity index (χ2n) is 3.01. The van der Waals surface area contributed by atoms with Crippen molar-refractivity contribution < 1.29 is 9.90 Å². The lowest BCUT2D eigenvalue weighted by Gasteiger charge is -2.03. The van der Waals surface area contributed by atoms with E-state index in [4.69, 9.17) is 16.6 Å². The van der Waals surface area contributed by atoms with Crippen LogP contribution in [0.5, 0.6) is 0 Å². The largest absolute Gasteiger partial charge is 0.480 e. The van der Waals surface area contributed by atoms with Crippen LogP contribution in [0.4, 0.5) is 5.13 Å². The number of thiazole rings is 1. The van der Waals surface area contributed by atoms with Crippen LogP contribution in [0.25, 0.3) is 0 Å². The molecule has 0 aromatic carbocycles. The molecule has 0 aliphatic rings. The molecule has 6 heteroatoms. The van der Waals surface area contributed by atoms with Crippen molar-refractivity contribution >= 4 is 22.4 Å².